The van der Waals surface area contributed by atoms with Crippen molar-refractivity contribution in [1.29, 1.82) is 0 Å². The molecule has 0 aliphatic heterocycles. The van der Waals surface area contributed by atoms with Crippen molar-refractivity contribution in [2.75, 3.05) is 19.0 Å². The van der Waals surface area contributed by atoms with E-state index in [0.29, 0.717) is 13.0 Å². The van der Waals surface area contributed by atoms with Crippen LogP contribution in [0.15, 0.2) is 72.8 Å². The Hall–Kier alpha value is -3.34. The number of anilines is 1. The average Bonchev–Trinajstić information content (AvgIpc) is 2.73. The molecule has 2 N–H and O–H groups in total. The number of ether oxygens (including phenoxy) is 1. The van der Waals surface area contributed by atoms with Gasteiger partial charge in [0.1, 0.15) is 6.04 Å². The third-order valence-corrected chi connectivity index (χ3v) is 4.56. The van der Waals surface area contributed by atoms with E-state index in [4.69, 9.17) is 4.74 Å². The molecule has 0 unspecified atom stereocenters. The minimum absolute atomic E-state index is 0.195. The quantitative estimate of drug-likeness (QED) is 0.590. The van der Waals surface area contributed by atoms with Crippen molar-refractivity contribution in [3.8, 4) is 0 Å². The minimum atomic E-state index is -0.697. The molecular weight excluding hydrogens is 352 g/mol. The number of carbonyl (C=O) groups is 2. The Balaban J connectivity index is 1.56. The van der Waals surface area contributed by atoms with Gasteiger partial charge in [-0.3, -0.25) is 4.79 Å². The fourth-order valence-electron chi connectivity index (χ4n) is 3.14. The SMILES string of the molecule is COC(=O)[C@H](Cc1ccccc1)NC(=O)CCNc1cccc2ccccc12. The zero-order chi connectivity index (χ0) is 19.8. The summed E-state index contributed by atoms with van der Waals surface area (Å²) in [6, 6.07) is 23.0. The van der Waals surface area contributed by atoms with E-state index >= 15 is 0 Å². The second kappa shape index (κ2) is 9.55. The van der Waals surface area contributed by atoms with E-state index in [1.165, 1.54) is 7.11 Å². The van der Waals surface area contributed by atoms with Crippen molar-refractivity contribution >= 4 is 28.3 Å². The third kappa shape index (κ3) is 5.10. The highest BCUT2D eigenvalue weighted by atomic mass is 16.5. The number of esters is 1. The maximum atomic E-state index is 12.4. The van der Waals surface area contributed by atoms with Crippen LogP contribution in [0.3, 0.4) is 0 Å². The van der Waals surface area contributed by atoms with Gasteiger partial charge in [0.05, 0.1) is 7.11 Å². The number of amides is 1. The van der Waals surface area contributed by atoms with Crippen molar-refractivity contribution in [1.82, 2.24) is 5.32 Å². The molecule has 5 nitrogen and oxygen atoms in total. The molecule has 0 aliphatic rings. The Labute approximate surface area is 164 Å². The van der Waals surface area contributed by atoms with E-state index in [0.717, 1.165) is 22.0 Å². The molecular formula is C23H24N2O3. The van der Waals surface area contributed by atoms with Crippen molar-refractivity contribution in [2.24, 2.45) is 0 Å². The molecule has 3 aromatic rings. The Kier molecular flexibility index (Phi) is 6.63. The van der Waals surface area contributed by atoms with Crippen molar-refractivity contribution < 1.29 is 14.3 Å². The molecule has 144 valence electrons. The van der Waals surface area contributed by atoms with Crippen LogP contribution in [0.5, 0.6) is 0 Å². The highest BCUT2D eigenvalue weighted by Crippen LogP contribution is 2.22. The lowest BCUT2D eigenvalue weighted by Crippen LogP contribution is -2.43. The topological polar surface area (TPSA) is 67.4 Å². The lowest BCUT2D eigenvalue weighted by Gasteiger charge is -2.17. The van der Waals surface area contributed by atoms with Gasteiger partial charge >= 0.3 is 5.97 Å². The first-order valence-corrected chi connectivity index (χ1v) is 9.30. The Bertz CT molecular complexity index is 935. The van der Waals surface area contributed by atoms with E-state index in [-0.39, 0.29) is 12.3 Å². The standard InChI is InChI=1S/C23H24N2O3/c1-28-23(27)21(16-17-8-3-2-4-9-17)25-22(26)14-15-24-20-13-7-11-18-10-5-6-12-19(18)20/h2-13,21,24H,14-16H2,1H3,(H,25,26)/t21-/m0/s1. The fourth-order valence-corrected chi connectivity index (χ4v) is 3.14. The molecule has 1 atom stereocenters. The molecule has 0 fully saturated rings. The van der Waals surface area contributed by atoms with E-state index in [1.807, 2.05) is 60.7 Å². The summed E-state index contributed by atoms with van der Waals surface area (Å²) in [6.07, 6.45) is 0.654. The van der Waals surface area contributed by atoms with Gasteiger partial charge in [-0.25, -0.2) is 4.79 Å². The molecule has 0 aromatic heterocycles. The molecule has 0 saturated carbocycles. The van der Waals surface area contributed by atoms with Crippen LogP contribution in [0.25, 0.3) is 10.8 Å². The summed E-state index contributed by atoms with van der Waals surface area (Å²) in [6.45, 7) is 0.471. The first-order chi connectivity index (χ1) is 13.7. The van der Waals surface area contributed by atoms with E-state index in [9.17, 15) is 9.59 Å². The van der Waals surface area contributed by atoms with Crippen molar-refractivity contribution in [2.45, 2.75) is 18.9 Å². The van der Waals surface area contributed by atoms with Gasteiger partial charge in [-0.1, -0.05) is 66.7 Å². The summed E-state index contributed by atoms with van der Waals surface area (Å²) in [4.78, 5) is 24.4. The lowest BCUT2D eigenvalue weighted by molar-refractivity contribution is -0.145. The largest absolute Gasteiger partial charge is 0.467 e. The number of fused-ring (bicyclic) bond motifs is 1. The summed E-state index contributed by atoms with van der Waals surface area (Å²) in [7, 11) is 1.33. The number of carbonyl (C=O) groups excluding carboxylic acids is 2. The maximum Gasteiger partial charge on any atom is 0.328 e. The Morgan fingerprint density at radius 3 is 2.43 bits per heavy atom. The molecule has 0 heterocycles. The summed E-state index contributed by atoms with van der Waals surface area (Å²) >= 11 is 0. The second-order valence-electron chi connectivity index (χ2n) is 6.54. The van der Waals surface area contributed by atoms with Gasteiger partial charge in [0.2, 0.25) is 5.91 Å². The Morgan fingerprint density at radius 2 is 1.64 bits per heavy atom. The number of methoxy groups -OCH3 is 1. The van der Waals surface area contributed by atoms with E-state index < -0.39 is 12.0 Å². The van der Waals surface area contributed by atoms with Crippen LogP contribution in [0.2, 0.25) is 0 Å². The summed E-state index contributed by atoms with van der Waals surface area (Å²) in [5.41, 5.74) is 1.95. The molecule has 0 radical (unpaired) electrons. The molecule has 0 spiro atoms. The van der Waals surface area contributed by atoms with E-state index in [2.05, 4.69) is 22.8 Å². The van der Waals surface area contributed by atoms with Gasteiger partial charge in [-0.05, 0) is 17.0 Å². The highest BCUT2D eigenvalue weighted by Gasteiger charge is 2.21. The summed E-state index contributed by atoms with van der Waals surface area (Å²) in [5.74, 6) is -0.640. The van der Waals surface area contributed by atoms with Crippen LogP contribution in [0.1, 0.15) is 12.0 Å². The van der Waals surface area contributed by atoms with Crippen molar-refractivity contribution in [3.63, 3.8) is 0 Å². The minimum Gasteiger partial charge on any atom is -0.467 e. The van der Waals surface area contributed by atoms with Crippen LogP contribution in [-0.2, 0) is 20.7 Å². The zero-order valence-electron chi connectivity index (χ0n) is 15.9. The smallest absolute Gasteiger partial charge is 0.328 e. The van der Waals surface area contributed by atoms with Crippen LogP contribution in [0, 0.1) is 0 Å². The van der Waals surface area contributed by atoms with E-state index in [1.54, 1.807) is 0 Å². The number of hydrogen-bond acceptors (Lipinski definition) is 4. The van der Waals surface area contributed by atoms with Crippen molar-refractivity contribution in [3.05, 3.63) is 78.4 Å². The fraction of sp³-hybridized carbons (Fsp3) is 0.217. The molecule has 5 heteroatoms. The first kappa shape index (κ1) is 19.4. The van der Waals surface area contributed by atoms with Crippen LogP contribution < -0.4 is 10.6 Å². The molecule has 0 aliphatic carbocycles. The monoisotopic (exact) mass is 376 g/mol. The van der Waals surface area contributed by atoms with Gasteiger partial charge in [-0.2, -0.15) is 0 Å². The number of nitrogens with one attached hydrogen (secondary N) is 2. The molecule has 0 saturated heterocycles. The van der Waals surface area contributed by atoms with Gasteiger partial charge in [0.25, 0.3) is 0 Å². The predicted octanol–water partition coefficient (Wildman–Crippen LogP) is 3.54. The number of hydrogen-bond donors (Lipinski definition) is 2. The molecule has 3 rings (SSSR count). The van der Waals surface area contributed by atoms with Gasteiger partial charge in [-0.15, -0.1) is 0 Å². The second-order valence-corrected chi connectivity index (χ2v) is 6.54. The van der Waals surface area contributed by atoms with Gasteiger partial charge in [0, 0.05) is 30.5 Å². The third-order valence-electron chi connectivity index (χ3n) is 4.56. The van der Waals surface area contributed by atoms with Crippen LogP contribution >= 0.6 is 0 Å². The average molecular weight is 376 g/mol. The number of rotatable bonds is 8. The first-order valence-electron chi connectivity index (χ1n) is 9.30. The molecule has 28 heavy (non-hydrogen) atoms. The van der Waals surface area contributed by atoms with Gasteiger partial charge in [0.15, 0.2) is 0 Å². The number of benzene rings is 3. The summed E-state index contributed by atoms with van der Waals surface area (Å²) < 4.78 is 4.84. The van der Waals surface area contributed by atoms with Crippen LogP contribution in [-0.4, -0.2) is 31.6 Å². The Morgan fingerprint density at radius 1 is 0.929 bits per heavy atom. The molecule has 1 amide bonds. The zero-order valence-corrected chi connectivity index (χ0v) is 15.9. The van der Waals surface area contributed by atoms with Crippen LogP contribution in [0.4, 0.5) is 5.69 Å². The highest BCUT2D eigenvalue weighted by molar-refractivity contribution is 5.94. The maximum absolute atomic E-state index is 12.4. The normalized spacial score (nSPS) is 11.6. The molecule has 3 aromatic carbocycles. The van der Waals surface area contributed by atoms with Gasteiger partial charge < -0.3 is 15.4 Å². The lowest BCUT2D eigenvalue weighted by atomic mass is 10.1. The molecule has 0 bridgehead atoms. The predicted molar refractivity (Wildman–Crippen MR) is 111 cm³/mol. The summed E-state index contributed by atoms with van der Waals surface area (Å²) in [5, 5.41) is 8.35.